The SMILES string of the molecule is [ReH4].[ReH4].c1ccc(P(c2ccccc2)c2ccccc2)cc1.c1ccc(P(c2ccccc2)c2ccccc2)cc1.c1ccc(P(c2ccccc2)c2ccccc2)cc1.c1ccc(P(c2ccccc2)c2ccccc2)cc1. The van der Waals surface area contributed by atoms with Crippen LogP contribution < -0.4 is 63.7 Å². The van der Waals surface area contributed by atoms with Crippen LogP contribution in [0.1, 0.15) is 0 Å². The zero-order valence-corrected chi connectivity index (χ0v) is 55.5. The predicted octanol–water partition coefficient (Wildman–Crippen LogP) is 11.6. The van der Waals surface area contributed by atoms with Gasteiger partial charge in [-0.05, 0) is 95.3 Å². The second-order valence-corrected chi connectivity index (χ2v) is 26.2. The van der Waals surface area contributed by atoms with Crippen LogP contribution in [-0.2, 0) is 40.8 Å². The molecule has 0 N–H and O–H groups in total. The second kappa shape index (κ2) is 33.2. The van der Waals surface area contributed by atoms with Gasteiger partial charge in [-0.2, -0.15) is 0 Å². The molecule has 0 aromatic heterocycles. The molecule has 78 heavy (non-hydrogen) atoms. The summed E-state index contributed by atoms with van der Waals surface area (Å²) >= 11 is 0. The van der Waals surface area contributed by atoms with E-state index in [0.717, 1.165) is 0 Å². The van der Waals surface area contributed by atoms with Crippen LogP contribution in [-0.4, -0.2) is 0 Å². The predicted molar refractivity (Wildman–Crippen MR) is 352 cm³/mol. The quantitative estimate of drug-likeness (QED) is 0.107. The molecule has 0 nitrogen and oxygen atoms in total. The largest absolute Gasteiger partial charge is 0.0622 e. The summed E-state index contributed by atoms with van der Waals surface area (Å²) in [5, 5.41) is 16.8. The van der Waals surface area contributed by atoms with Crippen molar-refractivity contribution in [2.45, 2.75) is 0 Å². The zero-order valence-electron chi connectivity index (χ0n) is 43.6. The normalized spacial score (nSPS) is 10.3. The third kappa shape index (κ3) is 17.3. The van der Waals surface area contributed by atoms with Gasteiger partial charge in [0, 0.05) is 0 Å². The average Bonchev–Trinajstić information content (AvgIpc) is 3.51. The Labute approximate surface area is 496 Å². The van der Waals surface area contributed by atoms with Gasteiger partial charge >= 0.3 is 40.8 Å². The van der Waals surface area contributed by atoms with Gasteiger partial charge in [0.05, 0.1) is 0 Å². The van der Waals surface area contributed by atoms with Crippen molar-refractivity contribution in [2.75, 3.05) is 0 Å². The first-order valence-electron chi connectivity index (χ1n) is 25.6. The molecule has 0 fully saturated rings. The van der Waals surface area contributed by atoms with Gasteiger partial charge < -0.3 is 0 Å². The van der Waals surface area contributed by atoms with E-state index in [-0.39, 0.29) is 40.8 Å². The van der Waals surface area contributed by atoms with Gasteiger partial charge in [-0.3, -0.25) is 0 Å². The fraction of sp³-hybridized carbons (Fsp3) is 0. The fourth-order valence-corrected chi connectivity index (χ4v) is 17.9. The monoisotopic (exact) mass is 1430 g/mol. The molecule has 0 aliphatic heterocycles. The van der Waals surface area contributed by atoms with Gasteiger partial charge in [-0.1, -0.05) is 364 Å². The van der Waals surface area contributed by atoms with Crippen LogP contribution in [0, 0.1) is 0 Å². The van der Waals surface area contributed by atoms with Gasteiger partial charge in [-0.25, -0.2) is 0 Å². The first kappa shape index (κ1) is 59.3. The fourth-order valence-electron chi connectivity index (χ4n) is 8.71. The Bertz CT molecular complexity index is 2580. The Balaban J connectivity index is 0.000000149. The third-order valence-corrected chi connectivity index (χ3v) is 21.9. The van der Waals surface area contributed by atoms with Crippen LogP contribution in [0.2, 0.25) is 0 Å². The standard InChI is InChI=1S/4C18H15P.2Re.8H/c4*1-4-10-16(11-5-1)19(17-12-6-2-7-13-17)18-14-8-3-9-15-18;;;;;;;;;;/h4*1-15H;;;;;;;;;;. The number of benzene rings is 12. The number of hydrogen-bond donors (Lipinski definition) is 0. The molecule has 0 spiro atoms. The van der Waals surface area contributed by atoms with E-state index in [1.165, 1.54) is 63.7 Å². The molecule has 0 bridgehead atoms. The molecule has 6 heteroatoms. The van der Waals surface area contributed by atoms with E-state index in [0.29, 0.717) is 0 Å². The summed E-state index contributed by atoms with van der Waals surface area (Å²) in [4.78, 5) is 0. The molecule has 0 unspecified atom stereocenters. The van der Waals surface area contributed by atoms with Crippen LogP contribution in [0.15, 0.2) is 364 Å². The minimum absolute atomic E-state index is 0. The summed E-state index contributed by atoms with van der Waals surface area (Å²) < 4.78 is 0. The van der Waals surface area contributed by atoms with E-state index < -0.39 is 31.7 Å². The van der Waals surface area contributed by atoms with Crippen LogP contribution in [0.5, 0.6) is 0 Å². The van der Waals surface area contributed by atoms with Gasteiger partial charge in [0.15, 0.2) is 0 Å². The minimum Gasteiger partial charge on any atom is -0.0622 e. The zero-order chi connectivity index (χ0) is 51.7. The summed E-state index contributed by atoms with van der Waals surface area (Å²) in [7, 11) is -1.78. The van der Waals surface area contributed by atoms with Crippen molar-refractivity contribution < 1.29 is 40.8 Å². The molecule has 12 rings (SSSR count). The molecule has 0 heterocycles. The van der Waals surface area contributed by atoms with Crippen molar-refractivity contribution in [3.05, 3.63) is 364 Å². The first-order valence-corrected chi connectivity index (χ1v) is 31.0. The molecule has 0 aliphatic rings. The Hall–Kier alpha value is -6.32. The summed E-state index contributed by atoms with van der Waals surface area (Å²) in [5.74, 6) is 0. The summed E-state index contributed by atoms with van der Waals surface area (Å²) in [5.41, 5.74) is 0. The Morgan fingerprint density at radius 2 is 0.167 bits per heavy atom. The third-order valence-electron chi connectivity index (χ3n) is 12.2. The van der Waals surface area contributed by atoms with Crippen molar-refractivity contribution in [3.63, 3.8) is 0 Å². The van der Waals surface area contributed by atoms with Gasteiger partial charge in [-0.15, -0.1) is 0 Å². The minimum atomic E-state index is -0.446. The van der Waals surface area contributed by atoms with E-state index in [9.17, 15) is 0 Å². The van der Waals surface area contributed by atoms with E-state index in [1.807, 2.05) is 0 Å². The maximum Gasteiger partial charge on any atom is -0.0134 e. The molecule has 0 atom stereocenters. The van der Waals surface area contributed by atoms with Crippen molar-refractivity contribution in [1.82, 2.24) is 0 Å². The Morgan fingerprint density at radius 3 is 0.231 bits per heavy atom. The molecule has 0 saturated heterocycles. The van der Waals surface area contributed by atoms with Crippen molar-refractivity contribution in [3.8, 4) is 0 Å². The average molecular weight is 1430 g/mol. The van der Waals surface area contributed by atoms with Crippen LogP contribution in [0.3, 0.4) is 0 Å². The molecular formula is C72H68P4Re2. The van der Waals surface area contributed by atoms with E-state index in [1.54, 1.807) is 0 Å². The first-order chi connectivity index (χ1) is 37.8. The summed E-state index contributed by atoms with van der Waals surface area (Å²) in [6.07, 6.45) is 0. The molecule has 2 radical (unpaired) electrons. The topological polar surface area (TPSA) is 0 Å². The van der Waals surface area contributed by atoms with Crippen LogP contribution in [0.4, 0.5) is 0 Å². The van der Waals surface area contributed by atoms with Gasteiger partial charge in [0.2, 0.25) is 0 Å². The molecule has 390 valence electrons. The van der Waals surface area contributed by atoms with Crippen molar-refractivity contribution >= 4 is 95.3 Å². The maximum atomic E-state index is 2.23. The van der Waals surface area contributed by atoms with Crippen LogP contribution >= 0.6 is 31.7 Å². The summed E-state index contributed by atoms with van der Waals surface area (Å²) in [6.45, 7) is 0. The molecular weight excluding hydrogens is 1360 g/mol. The maximum absolute atomic E-state index is 2.23. The Kier molecular flexibility index (Phi) is 25.3. The molecule has 0 saturated carbocycles. The van der Waals surface area contributed by atoms with Crippen molar-refractivity contribution in [2.24, 2.45) is 0 Å². The molecule has 0 aliphatic carbocycles. The van der Waals surface area contributed by atoms with Crippen LogP contribution in [0.25, 0.3) is 0 Å². The van der Waals surface area contributed by atoms with E-state index >= 15 is 0 Å². The van der Waals surface area contributed by atoms with E-state index in [4.69, 9.17) is 0 Å². The molecule has 12 aromatic rings. The molecule has 0 amide bonds. The van der Waals surface area contributed by atoms with Gasteiger partial charge in [0.1, 0.15) is 0 Å². The summed E-state index contributed by atoms with van der Waals surface area (Å²) in [6, 6.07) is 129. The van der Waals surface area contributed by atoms with Gasteiger partial charge in [0.25, 0.3) is 0 Å². The second-order valence-electron chi connectivity index (χ2n) is 17.4. The number of hydrogen-bond acceptors (Lipinski definition) is 0. The van der Waals surface area contributed by atoms with Crippen molar-refractivity contribution in [1.29, 1.82) is 0 Å². The smallest absolute Gasteiger partial charge is 0.0134 e. The molecule has 12 aromatic carbocycles. The Morgan fingerprint density at radius 1 is 0.103 bits per heavy atom. The number of rotatable bonds is 12. The van der Waals surface area contributed by atoms with E-state index in [2.05, 4.69) is 364 Å².